The highest BCUT2D eigenvalue weighted by Crippen LogP contribution is 2.29. The number of amides is 1. The lowest BCUT2D eigenvalue weighted by molar-refractivity contribution is 0.0946. The van der Waals surface area contributed by atoms with Crippen LogP contribution < -0.4 is 10.1 Å². The van der Waals surface area contributed by atoms with Crippen molar-refractivity contribution in [3.63, 3.8) is 0 Å². The minimum absolute atomic E-state index is 0.258. The average Bonchev–Trinajstić information content (AvgIpc) is 3.27. The molecule has 31 heavy (non-hydrogen) atoms. The molecule has 1 amide bonds. The molecular weight excluding hydrogens is 413 g/mol. The molecule has 0 bridgehead atoms. The zero-order valence-corrected chi connectivity index (χ0v) is 17.7. The number of hydrogen-bond acceptors (Lipinski definition) is 5. The van der Waals surface area contributed by atoms with Gasteiger partial charge in [-0.3, -0.25) is 9.78 Å². The molecule has 4 aromatic rings. The molecule has 2 aromatic heterocycles. The molecule has 0 saturated heterocycles. The fourth-order valence-electron chi connectivity index (χ4n) is 3.00. The summed E-state index contributed by atoms with van der Waals surface area (Å²) in [6.07, 6.45) is 3.33. The summed E-state index contributed by atoms with van der Waals surface area (Å²) in [5.41, 5.74) is 3.69. The summed E-state index contributed by atoms with van der Waals surface area (Å²) >= 11 is 1.22. The van der Waals surface area contributed by atoms with Crippen molar-refractivity contribution < 1.29 is 13.9 Å². The van der Waals surface area contributed by atoms with Gasteiger partial charge in [-0.15, -0.1) is 11.3 Å². The van der Waals surface area contributed by atoms with E-state index >= 15 is 0 Å². The number of nitrogens with zero attached hydrogens (tertiary/aromatic N) is 2. The van der Waals surface area contributed by atoms with Crippen LogP contribution in [0.15, 0.2) is 72.4 Å². The molecule has 4 rings (SSSR count). The van der Waals surface area contributed by atoms with Gasteiger partial charge in [0, 0.05) is 35.9 Å². The highest BCUT2D eigenvalue weighted by Gasteiger charge is 2.15. The Morgan fingerprint density at radius 3 is 2.71 bits per heavy atom. The van der Waals surface area contributed by atoms with Gasteiger partial charge in [0.05, 0.1) is 0 Å². The van der Waals surface area contributed by atoms with Crippen LogP contribution >= 0.6 is 11.3 Å². The summed E-state index contributed by atoms with van der Waals surface area (Å²) in [7, 11) is 0. The number of halogens is 1. The van der Waals surface area contributed by atoms with Crippen molar-refractivity contribution in [1.82, 2.24) is 15.3 Å². The molecule has 2 heterocycles. The molecule has 0 saturated carbocycles. The molecule has 7 heteroatoms. The predicted octanol–water partition coefficient (Wildman–Crippen LogP) is 5.16. The molecule has 0 spiro atoms. The highest BCUT2D eigenvalue weighted by molar-refractivity contribution is 7.13. The number of aryl methyl sites for hydroxylation is 1. The number of thiazole rings is 1. The Balaban J connectivity index is 1.40. The van der Waals surface area contributed by atoms with Crippen LogP contribution in [0.5, 0.6) is 5.75 Å². The molecule has 2 aromatic carbocycles. The first kappa shape index (κ1) is 20.7. The molecule has 1 N–H and O–H groups in total. The third kappa shape index (κ3) is 5.32. The molecule has 0 aliphatic carbocycles. The monoisotopic (exact) mass is 433 g/mol. The molecule has 0 aliphatic heterocycles. The fourth-order valence-corrected chi connectivity index (χ4v) is 3.83. The summed E-state index contributed by atoms with van der Waals surface area (Å²) in [4.78, 5) is 20.6. The molecule has 156 valence electrons. The fraction of sp³-hybridized carbons (Fsp3) is 0.125. The van der Waals surface area contributed by atoms with Gasteiger partial charge in [0.15, 0.2) is 0 Å². The molecular formula is C24H20FN3O2S. The van der Waals surface area contributed by atoms with Crippen molar-refractivity contribution in [2.45, 2.75) is 20.1 Å². The van der Waals surface area contributed by atoms with Crippen LogP contribution in [0.2, 0.25) is 0 Å². The smallest absolute Gasteiger partial charge is 0.271 e. The highest BCUT2D eigenvalue weighted by atomic mass is 32.1. The molecule has 5 nitrogen and oxygen atoms in total. The Labute approximate surface area is 183 Å². The quantitative estimate of drug-likeness (QED) is 0.437. The third-order valence-corrected chi connectivity index (χ3v) is 5.47. The van der Waals surface area contributed by atoms with E-state index in [0.717, 1.165) is 16.7 Å². The summed E-state index contributed by atoms with van der Waals surface area (Å²) < 4.78 is 20.4. The Hall–Kier alpha value is -3.58. The van der Waals surface area contributed by atoms with Crippen molar-refractivity contribution in [1.29, 1.82) is 0 Å². The first-order valence-electron chi connectivity index (χ1n) is 9.69. The standard InChI is InChI=1S/C24H20FN3O2S/c1-16-3-2-4-18(11-16)14-30-19-5-6-20(21(25)12-19)24-28-22(15-31-24)23(29)27-13-17-7-9-26-10-8-17/h2-12,15H,13-14H2,1H3,(H,27,29). The molecule has 0 radical (unpaired) electrons. The number of nitrogens with one attached hydrogen (secondary N) is 1. The second-order valence-corrected chi connectivity index (χ2v) is 7.85. The number of ether oxygens (including phenoxy) is 1. The van der Waals surface area contributed by atoms with Gasteiger partial charge in [-0.2, -0.15) is 0 Å². The summed E-state index contributed by atoms with van der Waals surface area (Å²) in [5.74, 6) is -0.313. The van der Waals surface area contributed by atoms with Crippen LogP contribution in [0.1, 0.15) is 27.2 Å². The number of carbonyl (C=O) groups is 1. The molecule has 0 atom stereocenters. The normalized spacial score (nSPS) is 10.6. The van der Waals surface area contributed by atoms with Crippen LogP contribution in [0.3, 0.4) is 0 Å². The van der Waals surface area contributed by atoms with Gasteiger partial charge in [0.2, 0.25) is 0 Å². The van der Waals surface area contributed by atoms with E-state index in [9.17, 15) is 9.18 Å². The summed E-state index contributed by atoms with van der Waals surface area (Å²) in [5, 5.41) is 4.87. The first-order valence-corrected chi connectivity index (χ1v) is 10.6. The number of pyridine rings is 1. The maximum absolute atomic E-state index is 14.7. The van der Waals surface area contributed by atoms with Crippen molar-refractivity contribution >= 4 is 17.2 Å². The van der Waals surface area contributed by atoms with E-state index < -0.39 is 5.82 Å². The SMILES string of the molecule is Cc1cccc(COc2ccc(-c3nc(C(=O)NCc4ccncc4)cs3)c(F)c2)c1. The summed E-state index contributed by atoms with van der Waals surface area (Å²) in [6.45, 7) is 2.74. The van der Waals surface area contributed by atoms with Crippen LogP contribution in [0.4, 0.5) is 4.39 Å². The van der Waals surface area contributed by atoms with Crippen LogP contribution in [-0.4, -0.2) is 15.9 Å². The lowest BCUT2D eigenvalue weighted by Crippen LogP contribution is -2.23. The van der Waals surface area contributed by atoms with E-state index in [0.29, 0.717) is 29.5 Å². The Kier molecular flexibility index (Phi) is 6.33. The minimum atomic E-state index is -0.445. The summed E-state index contributed by atoms with van der Waals surface area (Å²) in [6, 6.07) is 16.3. The van der Waals surface area contributed by atoms with Crippen LogP contribution in [0, 0.1) is 12.7 Å². The van der Waals surface area contributed by atoms with Crippen LogP contribution in [0.25, 0.3) is 10.6 Å². The van der Waals surface area contributed by atoms with Gasteiger partial charge in [-0.25, -0.2) is 9.37 Å². The Bertz CT molecular complexity index is 1190. The van der Waals surface area contributed by atoms with E-state index in [1.807, 2.05) is 43.3 Å². The molecule has 0 aliphatic rings. The average molecular weight is 434 g/mol. The Morgan fingerprint density at radius 2 is 1.94 bits per heavy atom. The number of hydrogen-bond donors (Lipinski definition) is 1. The maximum atomic E-state index is 14.7. The van der Waals surface area contributed by atoms with Crippen molar-refractivity contribution in [3.05, 3.63) is 101 Å². The van der Waals surface area contributed by atoms with Crippen molar-refractivity contribution in [2.75, 3.05) is 0 Å². The number of benzene rings is 2. The van der Waals surface area contributed by atoms with E-state index in [1.54, 1.807) is 29.9 Å². The number of carbonyl (C=O) groups excluding carboxylic acids is 1. The lowest BCUT2D eigenvalue weighted by atomic mass is 10.1. The molecule has 0 fully saturated rings. The largest absolute Gasteiger partial charge is 0.489 e. The molecule has 0 unspecified atom stereocenters. The second kappa shape index (κ2) is 9.49. The maximum Gasteiger partial charge on any atom is 0.271 e. The van der Waals surface area contributed by atoms with E-state index in [1.165, 1.54) is 17.4 Å². The van der Waals surface area contributed by atoms with Gasteiger partial charge in [-0.05, 0) is 42.3 Å². The van der Waals surface area contributed by atoms with Crippen LogP contribution in [-0.2, 0) is 13.2 Å². The lowest BCUT2D eigenvalue weighted by Gasteiger charge is -2.08. The zero-order valence-electron chi connectivity index (χ0n) is 16.8. The predicted molar refractivity (Wildman–Crippen MR) is 118 cm³/mol. The van der Waals surface area contributed by atoms with Gasteiger partial charge < -0.3 is 10.1 Å². The van der Waals surface area contributed by atoms with E-state index in [4.69, 9.17) is 4.74 Å². The minimum Gasteiger partial charge on any atom is -0.489 e. The van der Waals surface area contributed by atoms with Crippen molar-refractivity contribution in [3.8, 4) is 16.3 Å². The van der Waals surface area contributed by atoms with E-state index in [-0.39, 0.29) is 11.6 Å². The van der Waals surface area contributed by atoms with Gasteiger partial charge in [-0.1, -0.05) is 29.8 Å². The van der Waals surface area contributed by atoms with Gasteiger partial charge >= 0.3 is 0 Å². The van der Waals surface area contributed by atoms with Gasteiger partial charge in [0.25, 0.3) is 5.91 Å². The third-order valence-electron chi connectivity index (χ3n) is 4.60. The first-order chi connectivity index (χ1) is 15.1. The topological polar surface area (TPSA) is 64.1 Å². The van der Waals surface area contributed by atoms with E-state index in [2.05, 4.69) is 15.3 Å². The number of rotatable bonds is 7. The Morgan fingerprint density at radius 1 is 1.10 bits per heavy atom. The van der Waals surface area contributed by atoms with Gasteiger partial charge in [0.1, 0.15) is 28.9 Å². The second-order valence-electron chi connectivity index (χ2n) is 7.00. The van der Waals surface area contributed by atoms with Crippen molar-refractivity contribution in [2.24, 2.45) is 0 Å². The number of aromatic nitrogens is 2. The zero-order chi connectivity index (χ0) is 21.6.